The second-order valence-corrected chi connectivity index (χ2v) is 8.40. The molecule has 1 aliphatic rings. The number of anilines is 1. The number of hydrogen-bond donors (Lipinski definition) is 5. The fourth-order valence-electron chi connectivity index (χ4n) is 4.43. The zero-order chi connectivity index (χ0) is 25.9. The SMILES string of the molecule is CC(=O)C(O)[C@H]1O[C@@H](n2c(-c3ccccc3)nc3c(=O)[nH]c(N)nc32)[C@@](O)(C(C)=O)[C@@]1(O)C(C)=O. The Bertz CT molecular complexity index is 1420. The van der Waals surface area contributed by atoms with Crippen LogP contribution in [0, 0.1) is 0 Å². The molecule has 0 radical (unpaired) electrons. The minimum absolute atomic E-state index is 0.0299. The molecule has 3 heterocycles. The number of benzene rings is 1. The summed E-state index contributed by atoms with van der Waals surface area (Å²) in [7, 11) is 0. The summed E-state index contributed by atoms with van der Waals surface area (Å²) in [6, 6.07) is 8.25. The van der Waals surface area contributed by atoms with Crippen molar-refractivity contribution in [1.82, 2.24) is 19.5 Å². The first-order valence-electron chi connectivity index (χ1n) is 10.5. The van der Waals surface area contributed by atoms with Crippen LogP contribution in [0.5, 0.6) is 0 Å². The quantitative estimate of drug-likeness (QED) is 0.281. The van der Waals surface area contributed by atoms with Crippen LogP contribution < -0.4 is 11.3 Å². The van der Waals surface area contributed by atoms with Crippen molar-refractivity contribution in [3.63, 3.8) is 0 Å². The Morgan fingerprint density at radius 3 is 2.23 bits per heavy atom. The summed E-state index contributed by atoms with van der Waals surface area (Å²) in [5.74, 6) is -3.50. The number of aliphatic hydroxyl groups is 3. The highest BCUT2D eigenvalue weighted by Gasteiger charge is 2.73. The number of H-pyrrole nitrogens is 1. The minimum atomic E-state index is -3.05. The number of aromatic amines is 1. The van der Waals surface area contributed by atoms with Crippen molar-refractivity contribution in [2.75, 3.05) is 5.73 Å². The van der Waals surface area contributed by atoms with Crippen molar-refractivity contribution in [3.8, 4) is 11.4 Å². The molecule has 2 aromatic heterocycles. The molecule has 0 saturated carbocycles. The molecule has 13 nitrogen and oxygen atoms in total. The fraction of sp³-hybridized carbons (Fsp3) is 0.364. The van der Waals surface area contributed by atoms with Gasteiger partial charge in [0.05, 0.1) is 0 Å². The monoisotopic (exact) mass is 485 g/mol. The number of nitrogens with zero attached hydrogens (tertiary/aromatic N) is 3. The summed E-state index contributed by atoms with van der Waals surface area (Å²) >= 11 is 0. The standard InChI is InChI=1S/C22H23N5O8/c1-9(28)14(31)15-21(33,10(2)29)22(34,11(3)30)19(35-15)27-16(12-7-5-4-6-8-12)24-13-17(27)25-20(23)26-18(13)32/h4-8,14-15,19,31,33-34H,1-3H3,(H3,23,25,26,32)/t14?,15-,19-,21-,22+/m1/s1. The summed E-state index contributed by atoms with van der Waals surface area (Å²) in [6.45, 7) is 2.77. The lowest BCUT2D eigenvalue weighted by Crippen LogP contribution is -2.67. The molecule has 0 amide bonds. The van der Waals surface area contributed by atoms with Crippen molar-refractivity contribution >= 4 is 34.5 Å². The van der Waals surface area contributed by atoms with E-state index in [2.05, 4.69) is 15.0 Å². The van der Waals surface area contributed by atoms with Gasteiger partial charge in [0.1, 0.15) is 18.0 Å². The molecule has 0 spiro atoms. The van der Waals surface area contributed by atoms with Gasteiger partial charge >= 0.3 is 0 Å². The summed E-state index contributed by atoms with van der Waals surface area (Å²) < 4.78 is 6.79. The molecular weight excluding hydrogens is 462 g/mol. The third kappa shape index (κ3) is 3.31. The number of ether oxygens (including phenoxy) is 1. The molecule has 184 valence electrons. The van der Waals surface area contributed by atoms with Gasteiger partial charge < -0.3 is 25.8 Å². The third-order valence-electron chi connectivity index (χ3n) is 6.24. The predicted molar refractivity (Wildman–Crippen MR) is 120 cm³/mol. The van der Waals surface area contributed by atoms with E-state index in [9.17, 15) is 34.5 Å². The number of fused-ring (bicyclic) bond motifs is 1. The highest BCUT2D eigenvalue weighted by atomic mass is 16.6. The number of carbonyl (C=O) groups is 3. The Labute approximate surface area is 197 Å². The van der Waals surface area contributed by atoms with Gasteiger partial charge in [-0.05, 0) is 20.8 Å². The van der Waals surface area contributed by atoms with Crippen molar-refractivity contribution in [1.29, 1.82) is 0 Å². The maximum absolute atomic E-state index is 12.9. The first-order valence-corrected chi connectivity index (χ1v) is 10.5. The molecule has 3 aromatic rings. The molecule has 1 unspecified atom stereocenters. The molecule has 1 fully saturated rings. The van der Waals surface area contributed by atoms with Crippen LogP contribution in [-0.2, 0) is 19.1 Å². The van der Waals surface area contributed by atoms with Crippen molar-refractivity contribution in [3.05, 3.63) is 40.7 Å². The molecule has 4 rings (SSSR count). The van der Waals surface area contributed by atoms with Gasteiger partial charge in [0, 0.05) is 5.56 Å². The lowest BCUT2D eigenvalue weighted by Gasteiger charge is -2.38. The molecule has 35 heavy (non-hydrogen) atoms. The Morgan fingerprint density at radius 1 is 1.09 bits per heavy atom. The van der Waals surface area contributed by atoms with Gasteiger partial charge in [-0.25, -0.2) is 4.98 Å². The highest BCUT2D eigenvalue weighted by molar-refractivity contribution is 6.00. The average Bonchev–Trinajstić information content (AvgIpc) is 3.28. The van der Waals surface area contributed by atoms with Gasteiger partial charge in [-0.1, -0.05) is 30.3 Å². The van der Waals surface area contributed by atoms with Crippen molar-refractivity contribution in [2.45, 2.75) is 50.4 Å². The maximum Gasteiger partial charge on any atom is 0.280 e. The lowest BCUT2D eigenvalue weighted by atomic mass is 9.73. The Balaban J connectivity index is 2.12. The van der Waals surface area contributed by atoms with E-state index in [1.54, 1.807) is 30.3 Å². The van der Waals surface area contributed by atoms with E-state index >= 15 is 0 Å². The molecule has 5 atom stereocenters. The number of aliphatic hydroxyl groups excluding tert-OH is 1. The fourth-order valence-corrected chi connectivity index (χ4v) is 4.43. The Kier molecular flexibility index (Phi) is 5.68. The third-order valence-corrected chi connectivity index (χ3v) is 6.24. The summed E-state index contributed by atoms with van der Waals surface area (Å²) in [6.07, 6.45) is -6.09. The predicted octanol–water partition coefficient (Wildman–Crippen LogP) is -1.14. The number of hydrogen-bond acceptors (Lipinski definition) is 11. The van der Waals surface area contributed by atoms with Gasteiger partial charge in [-0.15, -0.1) is 0 Å². The van der Waals surface area contributed by atoms with Gasteiger partial charge in [-0.3, -0.25) is 28.7 Å². The second kappa shape index (κ2) is 8.16. The summed E-state index contributed by atoms with van der Waals surface area (Å²) in [5, 5.41) is 33.6. The normalized spacial score (nSPS) is 27.1. The van der Waals surface area contributed by atoms with E-state index in [1.807, 2.05) is 0 Å². The van der Waals surface area contributed by atoms with Crippen molar-refractivity contribution in [2.24, 2.45) is 0 Å². The van der Waals surface area contributed by atoms with Gasteiger partial charge in [0.25, 0.3) is 5.56 Å². The van der Waals surface area contributed by atoms with E-state index in [4.69, 9.17) is 10.5 Å². The number of nitrogens with two attached hydrogens (primary N) is 1. The summed E-state index contributed by atoms with van der Waals surface area (Å²) in [5.41, 5.74) is -1.19. The lowest BCUT2D eigenvalue weighted by molar-refractivity contribution is -0.184. The smallest absolute Gasteiger partial charge is 0.280 e. The highest BCUT2D eigenvalue weighted by Crippen LogP contribution is 2.50. The number of rotatable bonds is 6. The molecule has 6 N–H and O–H groups in total. The van der Waals surface area contributed by atoms with Crippen LogP contribution in [0.1, 0.15) is 27.0 Å². The Morgan fingerprint density at radius 2 is 1.69 bits per heavy atom. The van der Waals surface area contributed by atoms with E-state index in [0.29, 0.717) is 5.56 Å². The van der Waals surface area contributed by atoms with Crippen LogP contribution in [0.25, 0.3) is 22.6 Å². The van der Waals surface area contributed by atoms with E-state index in [1.165, 1.54) is 0 Å². The van der Waals surface area contributed by atoms with Gasteiger partial charge in [0.2, 0.25) is 11.5 Å². The zero-order valence-corrected chi connectivity index (χ0v) is 18.9. The van der Waals surface area contributed by atoms with Crippen molar-refractivity contribution < 1.29 is 34.4 Å². The molecule has 1 aliphatic heterocycles. The summed E-state index contributed by atoms with van der Waals surface area (Å²) in [4.78, 5) is 60.8. The molecule has 1 aromatic carbocycles. The molecule has 13 heteroatoms. The van der Waals surface area contributed by atoms with Crippen LogP contribution in [0.2, 0.25) is 0 Å². The number of ketones is 3. The van der Waals surface area contributed by atoms with Gasteiger partial charge in [-0.2, -0.15) is 4.98 Å². The average molecular weight is 485 g/mol. The number of nitrogens with one attached hydrogen (secondary N) is 1. The van der Waals surface area contributed by atoms with E-state index in [0.717, 1.165) is 25.3 Å². The first kappa shape index (κ1) is 24.3. The van der Waals surface area contributed by atoms with Crippen LogP contribution in [0.4, 0.5) is 5.95 Å². The largest absolute Gasteiger partial charge is 0.382 e. The van der Waals surface area contributed by atoms with Crippen LogP contribution in [-0.4, -0.2) is 75.6 Å². The van der Waals surface area contributed by atoms with E-state index < -0.39 is 52.5 Å². The second-order valence-electron chi connectivity index (χ2n) is 8.40. The first-order chi connectivity index (χ1) is 16.4. The Hall–Kier alpha value is -3.78. The number of aromatic nitrogens is 4. The molecule has 0 bridgehead atoms. The number of Topliss-reactive ketones (excluding diaryl/α,β-unsaturated/α-hetero) is 3. The zero-order valence-electron chi connectivity index (χ0n) is 18.9. The molecule has 1 saturated heterocycles. The number of imidazole rings is 1. The number of carbonyl (C=O) groups excluding carboxylic acids is 3. The molecular formula is C22H23N5O8. The van der Waals surface area contributed by atoms with E-state index in [-0.39, 0.29) is 22.9 Å². The molecule has 0 aliphatic carbocycles. The van der Waals surface area contributed by atoms with Crippen LogP contribution in [0.3, 0.4) is 0 Å². The van der Waals surface area contributed by atoms with Crippen LogP contribution in [0.15, 0.2) is 35.1 Å². The van der Waals surface area contributed by atoms with Gasteiger partial charge in [0.15, 0.2) is 40.3 Å². The topological polar surface area (TPSA) is 211 Å². The maximum atomic E-state index is 12.9. The minimum Gasteiger partial charge on any atom is -0.382 e. The van der Waals surface area contributed by atoms with Crippen LogP contribution >= 0.6 is 0 Å². The number of nitrogen functional groups attached to an aromatic ring is 1.